The van der Waals surface area contributed by atoms with Gasteiger partial charge in [-0.3, -0.25) is 4.40 Å². The molecule has 0 bridgehead atoms. The summed E-state index contributed by atoms with van der Waals surface area (Å²) >= 11 is 0. The van der Waals surface area contributed by atoms with Crippen molar-refractivity contribution in [3.05, 3.63) is 65.1 Å². The molecule has 0 saturated heterocycles. The quantitative estimate of drug-likeness (QED) is 0.354. The minimum atomic E-state index is -4.67. The highest BCUT2D eigenvalue weighted by atomic mass is 19.4. The number of benzene rings is 1. The van der Waals surface area contributed by atoms with Crippen molar-refractivity contribution < 1.29 is 36.2 Å². The van der Waals surface area contributed by atoms with Crippen LogP contribution in [0.4, 0.5) is 31.1 Å². The lowest BCUT2D eigenvalue weighted by Crippen LogP contribution is -2.37. The van der Waals surface area contributed by atoms with Crippen LogP contribution in [-0.2, 0) is 19.0 Å². The third-order valence-corrected chi connectivity index (χ3v) is 4.69. The van der Waals surface area contributed by atoms with Gasteiger partial charge in [-0.2, -0.15) is 18.3 Å². The van der Waals surface area contributed by atoms with Crippen LogP contribution in [0.3, 0.4) is 0 Å². The van der Waals surface area contributed by atoms with Gasteiger partial charge in [-0.05, 0) is 18.1 Å². The summed E-state index contributed by atoms with van der Waals surface area (Å²) in [4.78, 5) is 11.2. The number of hydrogen-bond donors (Lipinski definition) is 2. The second-order valence-electron chi connectivity index (χ2n) is 6.88. The number of halogens is 6. The molecule has 0 saturated carbocycles. The molecule has 1 amide bonds. The smallest absolute Gasteiger partial charge is 0.435 e. The van der Waals surface area contributed by atoms with Crippen LogP contribution in [0.5, 0.6) is 0 Å². The summed E-state index contributed by atoms with van der Waals surface area (Å²) in [6.45, 7) is 0. The third-order valence-electron chi connectivity index (χ3n) is 4.69. The number of hydrogen-bond acceptors (Lipinski definition) is 4. The van der Waals surface area contributed by atoms with Crippen molar-refractivity contribution in [1.82, 2.24) is 29.5 Å². The molecule has 14 heteroatoms. The molecular formula is C18H12F6N6O2. The molecule has 1 atom stereocenters. The second-order valence-corrected chi connectivity index (χ2v) is 6.88. The topological polar surface area (TPSA) is 96.8 Å². The van der Waals surface area contributed by atoms with Gasteiger partial charge in [0, 0.05) is 37.0 Å². The lowest BCUT2D eigenvalue weighted by Gasteiger charge is -2.17. The van der Waals surface area contributed by atoms with E-state index in [0.717, 1.165) is 10.6 Å². The van der Waals surface area contributed by atoms with E-state index in [1.807, 2.05) is 0 Å². The van der Waals surface area contributed by atoms with Gasteiger partial charge in [-0.25, -0.2) is 22.5 Å². The molecule has 1 aromatic carbocycles. The van der Waals surface area contributed by atoms with Crippen molar-refractivity contribution in [3.8, 4) is 0 Å². The Hall–Kier alpha value is -3.84. The molecule has 0 aliphatic carbocycles. The first-order valence-electron chi connectivity index (χ1n) is 8.95. The fourth-order valence-corrected chi connectivity index (χ4v) is 3.29. The van der Waals surface area contributed by atoms with E-state index in [9.17, 15) is 31.1 Å². The molecule has 0 unspecified atom stereocenters. The predicted molar refractivity (Wildman–Crippen MR) is 95.4 cm³/mol. The summed E-state index contributed by atoms with van der Waals surface area (Å²) in [7, 11) is 0. The highest BCUT2D eigenvalue weighted by Crippen LogP contribution is 2.29. The molecule has 0 aliphatic heterocycles. The van der Waals surface area contributed by atoms with Crippen molar-refractivity contribution in [3.63, 3.8) is 0 Å². The van der Waals surface area contributed by atoms with Crippen molar-refractivity contribution >= 4 is 17.3 Å². The number of carboxylic acid groups (broad SMARTS) is 1. The van der Waals surface area contributed by atoms with Gasteiger partial charge in [-0.15, -0.1) is 10.2 Å². The van der Waals surface area contributed by atoms with Crippen LogP contribution in [0.1, 0.15) is 17.1 Å². The fraction of sp³-hybridized carbons (Fsp3) is 0.222. The van der Waals surface area contributed by atoms with Crippen LogP contribution in [0.25, 0.3) is 11.2 Å². The Morgan fingerprint density at radius 1 is 1.03 bits per heavy atom. The first-order chi connectivity index (χ1) is 15.0. The highest BCUT2D eigenvalue weighted by Gasteiger charge is 2.34. The van der Waals surface area contributed by atoms with Gasteiger partial charge in [0.1, 0.15) is 17.2 Å². The molecule has 3 aromatic heterocycles. The number of nitrogens with one attached hydrogen (secondary N) is 1. The maximum absolute atomic E-state index is 14.0. The molecule has 168 valence electrons. The lowest BCUT2D eigenvalue weighted by atomic mass is 10.0. The zero-order chi connectivity index (χ0) is 23.2. The summed E-state index contributed by atoms with van der Waals surface area (Å²) < 4.78 is 81.8. The summed E-state index contributed by atoms with van der Waals surface area (Å²) in [6.07, 6.45) is -4.09. The van der Waals surface area contributed by atoms with Gasteiger partial charge in [0.05, 0.1) is 0 Å². The first-order valence-corrected chi connectivity index (χ1v) is 8.95. The van der Waals surface area contributed by atoms with E-state index in [2.05, 4.69) is 20.6 Å². The van der Waals surface area contributed by atoms with Crippen molar-refractivity contribution in [2.75, 3.05) is 0 Å². The van der Waals surface area contributed by atoms with Crippen molar-refractivity contribution in [1.29, 1.82) is 0 Å². The average molecular weight is 458 g/mol. The Morgan fingerprint density at radius 2 is 1.75 bits per heavy atom. The summed E-state index contributed by atoms with van der Waals surface area (Å²) in [5, 5.41) is 22.4. The van der Waals surface area contributed by atoms with Crippen LogP contribution >= 0.6 is 0 Å². The summed E-state index contributed by atoms with van der Waals surface area (Å²) in [6, 6.07) is 0.727. The molecule has 8 nitrogen and oxygen atoms in total. The van der Waals surface area contributed by atoms with Crippen LogP contribution in [0.2, 0.25) is 0 Å². The largest absolute Gasteiger partial charge is 0.465 e. The number of amides is 1. The fourth-order valence-electron chi connectivity index (χ4n) is 3.29. The van der Waals surface area contributed by atoms with Gasteiger partial charge in [0.15, 0.2) is 23.0 Å². The van der Waals surface area contributed by atoms with E-state index in [1.54, 1.807) is 0 Å². The van der Waals surface area contributed by atoms with E-state index in [-0.39, 0.29) is 35.4 Å². The molecule has 0 radical (unpaired) electrons. The van der Waals surface area contributed by atoms with Gasteiger partial charge < -0.3 is 10.4 Å². The van der Waals surface area contributed by atoms with Crippen molar-refractivity contribution in [2.45, 2.75) is 25.1 Å². The zero-order valence-corrected chi connectivity index (χ0v) is 15.7. The molecule has 4 aromatic rings. The number of alkyl halides is 3. The number of carbonyl (C=O) groups is 1. The minimum absolute atomic E-state index is 0.00738. The average Bonchev–Trinajstić information content (AvgIpc) is 3.29. The Morgan fingerprint density at radius 3 is 2.44 bits per heavy atom. The van der Waals surface area contributed by atoms with Crippen LogP contribution in [0.15, 0.2) is 30.6 Å². The standard InChI is InChI=1S/C18H12F6N6O2/c19-10-6-12(21)11(20)4-8(10)3-9(25-17(31)32)5-15-26-27-16-13-7-14(18(22,23)24)28-30(13)2-1-29(15)16/h1-2,4,6-7,9,25H,3,5H2,(H,31,32)/t9-/m1/s1. The number of fused-ring (bicyclic) bond motifs is 3. The van der Waals surface area contributed by atoms with Gasteiger partial charge in [0.2, 0.25) is 0 Å². The second kappa shape index (κ2) is 7.69. The maximum atomic E-state index is 14.0. The lowest BCUT2D eigenvalue weighted by molar-refractivity contribution is -0.141. The van der Waals surface area contributed by atoms with Gasteiger partial charge in [0.25, 0.3) is 0 Å². The number of aromatic nitrogens is 5. The van der Waals surface area contributed by atoms with E-state index in [0.29, 0.717) is 12.1 Å². The molecule has 0 fully saturated rings. The molecule has 0 aliphatic rings. The maximum Gasteiger partial charge on any atom is 0.435 e. The molecule has 2 N–H and O–H groups in total. The number of rotatable bonds is 5. The molecule has 0 spiro atoms. The molecule has 32 heavy (non-hydrogen) atoms. The van der Waals surface area contributed by atoms with E-state index < -0.39 is 41.5 Å². The highest BCUT2D eigenvalue weighted by molar-refractivity contribution is 5.71. The Labute approximate surface area is 174 Å². The normalized spacial score (nSPS) is 13.1. The van der Waals surface area contributed by atoms with E-state index in [4.69, 9.17) is 5.11 Å². The Balaban J connectivity index is 1.68. The Bertz CT molecular complexity index is 1330. The van der Waals surface area contributed by atoms with Gasteiger partial charge in [-0.1, -0.05) is 0 Å². The predicted octanol–water partition coefficient (Wildman–Crippen LogP) is 3.23. The van der Waals surface area contributed by atoms with E-state index >= 15 is 0 Å². The van der Waals surface area contributed by atoms with E-state index in [1.165, 1.54) is 16.8 Å². The van der Waals surface area contributed by atoms with Crippen LogP contribution in [-0.4, -0.2) is 41.5 Å². The monoisotopic (exact) mass is 458 g/mol. The summed E-state index contributed by atoms with van der Waals surface area (Å²) in [5.41, 5.74) is -1.37. The summed E-state index contributed by atoms with van der Waals surface area (Å²) in [5.74, 6) is -3.61. The molecule has 3 heterocycles. The first kappa shape index (κ1) is 21.4. The van der Waals surface area contributed by atoms with Crippen molar-refractivity contribution in [2.24, 2.45) is 0 Å². The molecular weight excluding hydrogens is 446 g/mol. The Kier molecular flexibility index (Phi) is 5.14. The van der Waals surface area contributed by atoms with Gasteiger partial charge >= 0.3 is 12.3 Å². The van der Waals surface area contributed by atoms with Crippen LogP contribution < -0.4 is 5.32 Å². The SMILES string of the molecule is O=C(O)N[C@H](Cc1cc(F)c(F)cc1F)Cc1nnc2c3cc(C(F)(F)F)nn3ccn12. The van der Waals surface area contributed by atoms with Crippen LogP contribution in [0, 0.1) is 17.5 Å². The number of nitrogens with zero attached hydrogens (tertiary/aromatic N) is 5. The minimum Gasteiger partial charge on any atom is -0.465 e. The molecule has 4 rings (SSSR count). The zero-order valence-electron chi connectivity index (χ0n) is 15.7. The third kappa shape index (κ3) is 4.02.